The standard InChI is InChI=1S/C14H19N3O2/c1-3-8-15-14-16-12(13(18)17-14)11-7-5-4-6-10(11)9-19-2/h4-7,12H,3,8-9H2,1-2H3,(H2,15,16,17,18). The van der Waals surface area contributed by atoms with Crippen LogP contribution in [0.5, 0.6) is 0 Å². The first-order valence-corrected chi connectivity index (χ1v) is 6.44. The van der Waals surface area contributed by atoms with E-state index >= 15 is 0 Å². The Morgan fingerprint density at radius 3 is 2.89 bits per heavy atom. The fourth-order valence-electron chi connectivity index (χ4n) is 2.06. The third-order valence-electron chi connectivity index (χ3n) is 2.94. The Balaban J connectivity index is 2.20. The molecule has 1 atom stereocenters. The first-order chi connectivity index (χ1) is 9.26. The lowest BCUT2D eigenvalue weighted by Gasteiger charge is -2.13. The van der Waals surface area contributed by atoms with Crippen LogP contribution in [0.4, 0.5) is 0 Å². The highest BCUT2D eigenvalue weighted by molar-refractivity contribution is 6.06. The summed E-state index contributed by atoms with van der Waals surface area (Å²) >= 11 is 0. The largest absolute Gasteiger partial charge is 0.380 e. The number of nitrogens with zero attached hydrogens (tertiary/aromatic N) is 1. The molecule has 1 fully saturated rings. The van der Waals surface area contributed by atoms with E-state index in [1.165, 1.54) is 0 Å². The van der Waals surface area contributed by atoms with E-state index in [0.717, 1.165) is 17.5 Å². The maximum atomic E-state index is 12.0. The average Bonchev–Trinajstić information content (AvgIpc) is 2.78. The second kappa shape index (κ2) is 6.33. The zero-order chi connectivity index (χ0) is 13.7. The number of benzene rings is 1. The van der Waals surface area contributed by atoms with Gasteiger partial charge >= 0.3 is 0 Å². The van der Waals surface area contributed by atoms with Gasteiger partial charge in [0.25, 0.3) is 5.91 Å². The molecule has 0 saturated carbocycles. The van der Waals surface area contributed by atoms with Crippen LogP contribution in [0.3, 0.4) is 0 Å². The SMILES string of the molecule is CCCN=C1NC(=O)C(c2ccccc2COC)N1. The van der Waals surface area contributed by atoms with Gasteiger partial charge in [-0.15, -0.1) is 0 Å². The summed E-state index contributed by atoms with van der Waals surface area (Å²) in [5.41, 5.74) is 1.94. The van der Waals surface area contributed by atoms with Crippen molar-refractivity contribution >= 4 is 11.9 Å². The molecule has 0 aliphatic carbocycles. The summed E-state index contributed by atoms with van der Waals surface area (Å²) in [7, 11) is 1.65. The molecule has 1 heterocycles. The van der Waals surface area contributed by atoms with Crippen molar-refractivity contribution in [3.05, 3.63) is 35.4 Å². The van der Waals surface area contributed by atoms with Gasteiger partial charge in [0.05, 0.1) is 6.61 Å². The van der Waals surface area contributed by atoms with Gasteiger partial charge in [-0.1, -0.05) is 31.2 Å². The molecule has 5 nitrogen and oxygen atoms in total. The quantitative estimate of drug-likeness (QED) is 0.841. The van der Waals surface area contributed by atoms with Crippen molar-refractivity contribution in [3.63, 3.8) is 0 Å². The first kappa shape index (κ1) is 13.5. The molecule has 2 rings (SSSR count). The molecule has 0 aromatic heterocycles. The minimum atomic E-state index is -0.387. The Kier molecular flexibility index (Phi) is 4.52. The Morgan fingerprint density at radius 2 is 2.16 bits per heavy atom. The summed E-state index contributed by atoms with van der Waals surface area (Å²) in [4.78, 5) is 16.3. The predicted molar refractivity (Wildman–Crippen MR) is 73.8 cm³/mol. The Hall–Kier alpha value is -1.88. The van der Waals surface area contributed by atoms with Crippen LogP contribution in [0.15, 0.2) is 29.3 Å². The van der Waals surface area contributed by atoms with E-state index < -0.39 is 0 Å². The summed E-state index contributed by atoms with van der Waals surface area (Å²) in [5, 5.41) is 5.89. The normalized spacial score (nSPS) is 20.4. The van der Waals surface area contributed by atoms with E-state index in [-0.39, 0.29) is 11.9 Å². The molecular weight excluding hydrogens is 242 g/mol. The topological polar surface area (TPSA) is 62.7 Å². The van der Waals surface area contributed by atoms with Gasteiger partial charge in [-0.25, -0.2) is 0 Å². The zero-order valence-electron chi connectivity index (χ0n) is 11.3. The molecule has 19 heavy (non-hydrogen) atoms. The van der Waals surface area contributed by atoms with Crippen molar-refractivity contribution in [1.29, 1.82) is 0 Å². The van der Waals surface area contributed by atoms with Crippen LogP contribution in [0.1, 0.15) is 30.5 Å². The fraction of sp³-hybridized carbons (Fsp3) is 0.429. The molecule has 1 saturated heterocycles. The van der Waals surface area contributed by atoms with Crippen molar-refractivity contribution in [2.24, 2.45) is 4.99 Å². The van der Waals surface area contributed by atoms with Crippen molar-refractivity contribution in [1.82, 2.24) is 10.6 Å². The smallest absolute Gasteiger partial charge is 0.253 e. The van der Waals surface area contributed by atoms with Gasteiger partial charge in [-0.3, -0.25) is 15.1 Å². The number of hydrogen-bond donors (Lipinski definition) is 2. The van der Waals surface area contributed by atoms with Gasteiger partial charge in [-0.2, -0.15) is 0 Å². The Labute approximate surface area is 113 Å². The van der Waals surface area contributed by atoms with Crippen molar-refractivity contribution in [2.75, 3.05) is 13.7 Å². The molecule has 1 aliphatic rings. The fourth-order valence-corrected chi connectivity index (χ4v) is 2.06. The highest BCUT2D eigenvalue weighted by atomic mass is 16.5. The number of hydrogen-bond acceptors (Lipinski definition) is 3. The van der Waals surface area contributed by atoms with Crippen molar-refractivity contribution in [2.45, 2.75) is 26.0 Å². The Morgan fingerprint density at radius 1 is 1.37 bits per heavy atom. The maximum Gasteiger partial charge on any atom is 0.253 e. The molecule has 1 aromatic carbocycles. The number of rotatable bonds is 5. The van der Waals surface area contributed by atoms with E-state index in [9.17, 15) is 4.79 Å². The first-order valence-electron chi connectivity index (χ1n) is 6.44. The third kappa shape index (κ3) is 3.12. The molecule has 1 amide bonds. The molecule has 1 unspecified atom stereocenters. The molecule has 5 heteroatoms. The minimum Gasteiger partial charge on any atom is -0.380 e. The predicted octanol–water partition coefficient (Wildman–Crippen LogP) is 1.36. The number of methoxy groups -OCH3 is 1. The van der Waals surface area contributed by atoms with Gasteiger partial charge in [-0.05, 0) is 17.5 Å². The minimum absolute atomic E-state index is 0.0709. The molecule has 102 valence electrons. The molecule has 0 spiro atoms. The van der Waals surface area contributed by atoms with Gasteiger partial charge < -0.3 is 10.1 Å². The number of ether oxygens (including phenoxy) is 1. The van der Waals surface area contributed by atoms with E-state index in [1.54, 1.807) is 7.11 Å². The summed E-state index contributed by atoms with van der Waals surface area (Å²) in [6, 6.07) is 7.38. The molecule has 1 aliphatic heterocycles. The van der Waals surface area contributed by atoms with Crippen LogP contribution < -0.4 is 10.6 Å². The number of guanidine groups is 1. The second-order valence-electron chi connectivity index (χ2n) is 4.43. The number of carbonyl (C=O) groups excluding carboxylic acids is 1. The van der Waals surface area contributed by atoms with Crippen LogP contribution in [0.25, 0.3) is 0 Å². The van der Waals surface area contributed by atoms with Crippen LogP contribution >= 0.6 is 0 Å². The average molecular weight is 261 g/mol. The van der Waals surface area contributed by atoms with E-state index in [4.69, 9.17) is 4.74 Å². The highest BCUT2D eigenvalue weighted by Crippen LogP contribution is 2.21. The summed E-state index contributed by atoms with van der Waals surface area (Å²) in [6.07, 6.45) is 0.950. The number of nitrogens with one attached hydrogen (secondary N) is 2. The molecule has 0 bridgehead atoms. The Bertz CT molecular complexity index is 485. The number of carbonyl (C=O) groups is 1. The summed E-state index contributed by atoms with van der Waals surface area (Å²) < 4.78 is 5.17. The molecule has 0 radical (unpaired) electrons. The van der Waals surface area contributed by atoms with E-state index in [1.807, 2.05) is 31.2 Å². The van der Waals surface area contributed by atoms with Crippen LogP contribution in [-0.4, -0.2) is 25.5 Å². The third-order valence-corrected chi connectivity index (χ3v) is 2.94. The van der Waals surface area contributed by atoms with Gasteiger partial charge in [0.2, 0.25) is 0 Å². The van der Waals surface area contributed by atoms with E-state index in [0.29, 0.717) is 19.1 Å². The number of aliphatic imine (C=N–C) groups is 1. The van der Waals surface area contributed by atoms with Crippen LogP contribution in [0.2, 0.25) is 0 Å². The van der Waals surface area contributed by atoms with Gasteiger partial charge in [0.1, 0.15) is 6.04 Å². The van der Waals surface area contributed by atoms with Crippen molar-refractivity contribution in [3.8, 4) is 0 Å². The van der Waals surface area contributed by atoms with Crippen LogP contribution in [-0.2, 0) is 16.1 Å². The molecule has 1 aromatic rings. The lowest BCUT2D eigenvalue weighted by molar-refractivity contribution is -0.120. The van der Waals surface area contributed by atoms with E-state index in [2.05, 4.69) is 15.6 Å². The second-order valence-corrected chi connectivity index (χ2v) is 4.43. The monoisotopic (exact) mass is 261 g/mol. The molecule has 2 N–H and O–H groups in total. The maximum absolute atomic E-state index is 12.0. The molecular formula is C14H19N3O2. The highest BCUT2D eigenvalue weighted by Gasteiger charge is 2.30. The van der Waals surface area contributed by atoms with Gasteiger partial charge in [0, 0.05) is 13.7 Å². The summed E-state index contributed by atoms with van der Waals surface area (Å²) in [5.74, 6) is 0.488. The zero-order valence-corrected chi connectivity index (χ0v) is 11.3. The number of amides is 1. The summed E-state index contributed by atoms with van der Waals surface area (Å²) in [6.45, 7) is 3.24. The van der Waals surface area contributed by atoms with Gasteiger partial charge in [0.15, 0.2) is 5.96 Å². The van der Waals surface area contributed by atoms with Crippen LogP contribution in [0, 0.1) is 0 Å². The van der Waals surface area contributed by atoms with Crippen molar-refractivity contribution < 1.29 is 9.53 Å². The lowest BCUT2D eigenvalue weighted by atomic mass is 10.0. The lowest BCUT2D eigenvalue weighted by Crippen LogP contribution is -2.25.